The van der Waals surface area contributed by atoms with Crippen LogP contribution in [0.4, 0.5) is 4.79 Å². The Morgan fingerprint density at radius 2 is 1.67 bits per heavy atom. The molecule has 1 fully saturated rings. The molecule has 1 unspecified atom stereocenters. The molecule has 0 aliphatic carbocycles. The number of urea groups is 1. The van der Waals surface area contributed by atoms with Gasteiger partial charge in [-0.05, 0) is 42.0 Å². The van der Waals surface area contributed by atoms with Crippen LogP contribution in [0.5, 0.6) is 0 Å². The maximum atomic E-state index is 12.9. The number of ether oxygens (including phenoxy) is 1. The summed E-state index contributed by atoms with van der Waals surface area (Å²) < 4.78 is 6.47. The zero-order valence-electron chi connectivity index (χ0n) is 15.6. The molecule has 11 heteroatoms. The molecule has 0 radical (unpaired) electrons. The Morgan fingerprint density at radius 3 is 2.27 bits per heavy atom. The lowest BCUT2D eigenvalue weighted by Gasteiger charge is -2.22. The first-order valence-electron chi connectivity index (χ1n) is 8.79. The molecule has 30 heavy (non-hydrogen) atoms. The molecule has 3 amide bonds. The van der Waals surface area contributed by atoms with Crippen molar-refractivity contribution in [3.05, 3.63) is 69.7 Å². The van der Waals surface area contributed by atoms with Gasteiger partial charge in [-0.2, -0.15) is 0 Å². The van der Waals surface area contributed by atoms with E-state index < -0.39 is 23.4 Å². The summed E-state index contributed by atoms with van der Waals surface area (Å²) >= 11 is 12.9. The second-order valence-corrected chi connectivity index (χ2v) is 8.17. The van der Waals surface area contributed by atoms with Crippen molar-refractivity contribution in [1.82, 2.24) is 14.5 Å². The standard InChI is InChI=1S/C19H18Cl2N4O4S/c20-14-5-1-12(2-6-14)10-25-19(28)24(11-29-16(26)9-22)18(30-25)23-17(27)13-3-7-15(21)8-4-13/h1-8,18H,9-11,22H2,(H,23,27). The first-order valence-corrected chi connectivity index (χ1v) is 10.4. The fourth-order valence-electron chi connectivity index (χ4n) is 2.55. The highest BCUT2D eigenvalue weighted by molar-refractivity contribution is 7.98. The Hall–Kier alpha value is -2.46. The van der Waals surface area contributed by atoms with Crippen molar-refractivity contribution < 1.29 is 19.1 Å². The number of nitrogens with zero attached hydrogens (tertiary/aromatic N) is 2. The second-order valence-electron chi connectivity index (χ2n) is 6.20. The van der Waals surface area contributed by atoms with Gasteiger partial charge in [-0.1, -0.05) is 35.3 Å². The third-order valence-electron chi connectivity index (χ3n) is 4.10. The number of amides is 3. The van der Waals surface area contributed by atoms with E-state index in [0.717, 1.165) is 17.5 Å². The van der Waals surface area contributed by atoms with Gasteiger partial charge in [0.15, 0.2) is 12.2 Å². The lowest BCUT2D eigenvalue weighted by Crippen LogP contribution is -2.46. The van der Waals surface area contributed by atoms with Gasteiger partial charge in [0, 0.05) is 27.6 Å². The lowest BCUT2D eigenvalue weighted by atomic mass is 10.2. The number of carbonyl (C=O) groups excluding carboxylic acids is 3. The molecule has 1 aliphatic rings. The van der Waals surface area contributed by atoms with E-state index in [9.17, 15) is 14.4 Å². The van der Waals surface area contributed by atoms with E-state index >= 15 is 0 Å². The zero-order valence-corrected chi connectivity index (χ0v) is 17.9. The molecule has 3 rings (SSSR count). The topological polar surface area (TPSA) is 105 Å². The largest absolute Gasteiger partial charge is 0.443 e. The summed E-state index contributed by atoms with van der Waals surface area (Å²) in [5, 5.41) is 3.85. The molecule has 2 aromatic rings. The minimum Gasteiger partial charge on any atom is -0.443 e. The highest BCUT2D eigenvalue weighted by atomic mass is 35.5. The average Bonchev–Trinajstić information content (AvgIpc) is 3.02. The molecule has 1 saturated heterocycles. The first-order chi connectivity index (χ1) is 14.4. The van der Waals surface area contributed by atoms with Gasteiger partial charge in [0.05, 0.1) is 13.1 Å². The van der Waals surface area contributed by atoms with Gasteiger partial charge in [-0.15, -0.1) is 0 Å². The summed E-state index contributed by atoms with van der Waals surface area (Å²) in [6, 6.07) is 13.0. The third-order valence-corrected chi connectivity index (χ3v) is 5.72. The van der Waals surface area contributed by atoms with E-state index in [4.69, 9.17) is 33.7 Å². The van der Waals surface area contributed by atoms with Crippen molar-refractivity contribution >= 4 is 53.1 Å². The van der Waals surface area contributed by atoms with Crippen LogP contribution >= 0.6 is 35.1 Å². The van der Waals surface area contributed by atoms with Crippen LogP contribution in [0, 0.1) is 0 Å². The summed E-state index contributed by atoms with van der Waals surface area (Å²) in [4.78, 5) is 38.1. The smallest absolute Gasteiger partial charge is 0.335 e. The minimum atomic E-state index is -0.779. The molecule has 0 spiro atoms. The second kappa shape index (κ2) is 10.0. The Morgan fingerprint density at radius 1 is 1.07 bits per heavy atom. The van der Waals surface area contributed by atoms with Gasteiger partial charge < -0.3 is 15.8 Å². The van der Waals surface area contributed by atoms with E-state index in [2.05, 4.69) is 5.32 Å². The van der Waals surface area contributed by atoms with Gasteiger partial charge in [-0.25, -0.2) is 4.79 Å². The van der Waals surface area contributed by atoms with Crippen molar-refractivity contribution in [2.24, 2.45) is 5.73 Å². The number of halogens is 2. The van der Waals surface area contributed by atoms with E-state index in [1.165, 1.54) is 9.21 Å². The van der Waals surface area contributed by atoms with Gasteiger partial charge in [0.25, 0.3) is 5.91 Å². The lowest BCUT2D eigenvalue weighted by molar-refractivity contribution is -0.145. The normalized spacial score (nSPS) is 16.0. The highest BCUT2D eigenvalue weighted by Gasteiger charge is 2.40. The van der Waals surface area contributed by atoms with Crippen LogP contribution in [-0.2, 0) is 16.1 Å². The van der Waals surface area contributed by atoms with Gasteiger partial charge in [0.1, 0.15) is 0 Å². The van der Waals surface area contributed by atoms with Crippen molar-refractivity contribution in [1.29, 1.82) is 0 Å². The summed E-state index contributed by atoms with van der Waals surface area (Å²) in [7, 11) is 0. The quantitative estimate of drug-likeness (QED) is 0.477. The fraction of sp³-hybridized carbons (Fsp3) is 0.211. The number of rotatable bonds is 7. The van der Waals surface area contributed by atoms with E-state index in [1.54, 1.807) is 48.5 Å². The molecule has 2 aromatic carbocycles. The molecule has 1 atom stereocenters. The Bertz CT molecular complexity index is 927. The van der Waals surface area contributed by atoms with Gasteiger partial charge >= 0.3 is 12.0 Å². The van der Waals surface area contributed by atoms with Crippen LogP contribution in [0.1, 0.15) is 15.9 Å². The van der Waals surface area contributed by atoms with Gasteiger partial charge in [-0.3, -0.25) is 18.8 Å². The summed E-state index contributed by atoms with van der Waals surface area (Å²) in [6.07, 6.45) is 0. The monoisotopic (exact) mass is 468 g/mol. The molecule has 158 valence electrons. The summed E-state index contributed by atoms with van der Waals surface area (Å²) in [5.41, 5.74) is 5.70. The van der Waals surface area contributed by atoms with Crippen LogP contribution in [0.2, 0.25) is 10.0 Å². The summed E-state index contributed by atoms with van der Waals surface area (Å²) in [6.45, 7) is -0.384. The summed E-state index contributed by atoms with van der Waals surface area (Å²) in [5.74, 6) is -1.06. The average molecular weight is 469 g/mol. The number of hydrogen-bond donors (Lipinski definition) is 2. The van der Waals surface area contributed by atoms with Crippen molar-refractivity contribution in [3.8, 4) is 0 Å². The Kier molecular flexibility index (Phi) is 7.43. The van der Waals surface area contributed by atoms with E-state index in [1.807, 2.05) is 0 Å². The highest BCUT2D eigenvalue weighted by Crippen LogP contribution is 2.31. The molecule has 1 aliphatic heterocycles. The van der Waals surface area contributed by atoms with E-state index in [-0.39, 0.29) is 19.8 Å². The zero-order chi connectivity index (χ0) is 21.7. The van der Waals surface area contributed by atoms with Crippen molar-refractivity contribution in [3.63, 3.8) is 0 Å². The van der Waals surface area contributed by atoms with Gasteiger partial charge in [0.2, 0.25) is 0 Å². The molecular weight excluding hydrogens is 451 g/mol. The molecule has 1 heterocycles. The molecular formula is C19H18Cl2N4O4S. The predicted octanol–water partition coefficient (Wildman–Crippen LogP) is 3.05. The molecule has 3 N–H and O–H groups in total. The van der Waals surface area contributed by atoms with Crippen LogP contribution in [0.25, 0.3) is 0 Å². The number of carbonyl (C=O) groups is 3. The minimum absolute atomic E-state index is 0.273. The van der Waals surface area contributed by atoms with Crippen molar-refractivity contribution in [2.45, 2.75) is 12.0 Å². The fourth-order valence-corrected chi connectivity index (χ4v) is 3.89. The third kappa shape index (κ3) is 5.57. The van der Waals surface area contributed by atoms with Crippen molar-refractivity contribution in [2.75, 3.05) is 13.3 Å². The molecule has 0 saturated carbocycles. The van der Waals surface area contributed by atoms with Crippen LogP contribution < -0.4 is 11.1 Å². The Labute approximate surface area is 187 Å². The maximum Gasteiger partial charge on any atom is 0.335 e. The molecule has 0 aromatic heterocycles. The number of esters is 1. The Balaban J connectivity index is 1.74. The van der Waals surface area contributed by atoms with Crippen LogP contribution in [0.3, 0.4) is 0 Å². The number of nitrogens with one attached hydrogen (secondary N) is 1. The number of benzene rings is 2. The molecule has 0 bridgehead atoms. The van der Waals surface area contributed by atoms with Crippen LogP contribution in [0.15, 0.2) is 48.5 Å². The first kappa shape index (κ1) is 22.2. The SMILES string of the molecule is NCC(=O)OCN1C(=O)N(Cc2ccc(Cl)cc2)SC1NC(=O)c1ccc(Cl)cc1. The molecule has 8 nitrogen and oxygen atoms in total. The van der Waals surface area contributed by atoms with Crippen LogP contribution in [-0.4, -0.2) is 45.9 Å². The number of hydrogen-bond acceptors (Lipinski definition) is 6. The van der Waals surface area contributed by atoms with E-state index in [0.29, 0.717) is 15.6 Å². The number of nitrogens with two attached hydrogens (primary N) is 1. The predicted molar refractivity (Wildman–Crippen MR) is 115 cm³/mol. The maximum absolute atomic E-state index is 12.9.